The van der Waals surface area contributed by atoms with Gasteiger partial charge in [-0.1, -0.05) is 41.9 Å². The molecule has 2 heterocycles. The van der Waals surface area contributed by atoms with Crippen LogP contribution in [0.2, 0.25) is 5.02 Å². The number of piperazine rings is 1. The maximum atomic E-state index is 12.8. The van der Waals surface area contributed by atoms with Crippen LogP contribution in [0.3, 0.4) is 0 Å². The minimum atomic E-state index is -0.145. The molecule has 2 aromatic rings. The lowest BCUT2D eigenvalue weighted by Crippen LogP contribution is -2.55. The molecule has 4 rings (SSSR count). The summed E-state index contributed by atoms with van der Waals surface area (Å²) in [7, 11) is 0. The van der Waals surface area contributed by atoms with Crippen LogP contribution in [0.25, 0.3) is 0 Å². The number of fused-ring (bicyclic) bond motifs is 3. The van der Waals surface area contributed by atoms with E-state index in [4.69, 9.17) is 11.6 Å². The Bertz CT molecular complexity index is 821. The molecule has 0 unspecified atom stereocenters. The van der Waals surface area contributed by atoms with Crippen LogP contribution in [0.5, 0.6) is 0 Å². The molecule has 2 aliphatic rings. The summed E-state index contributed by atoms with van der Waals surface area (Å²) in [4.78, 5) is 28.9. The fraction of sp³-hybridized carbons (Fsp3) is 0.263. The zero-order chi connectivity index (χ0) is 16.7. The van der Waals surface area contributed by atoms with Crippen LogP contribution < -0.4 is 0 Å². The first-order valence-electron chi connectivity index (χ1n) is 8.05. The SMILES string of the molecule is O=C(c1cccc(Cl)c1)N1CC(=O)N2CCc3ccccc3[C@@H]2C1. The Hall–Kier alpha value is -2.33. The van der Waals surface area contributed by atoms with Crippen molar-refractivity contribution in [2.24, 2.45) is 0 Å². The van der Waals surface area contributed by atoms with E-state index in [1.807, 2.05) is 17.0 Å². The van der Waals surface area contributed by atoms with Crippen LogP contribution in [-0.2, 0) is 11.2 Å². The molecular weight excluding hydrogens is 324 g/mol. The number of carbonyl (C=O) groups excluding carboxylic acids is 2. The normalized spacial score (nSPS) is 19.7. The summed E-state index contributed by atoms with van der Waals surface area (Å²) in [5.74, 6) is -0.135. The van der Waals surface area contributed by atoms with E-state index >= 15 is 0 Å². The highest BCUT2D eigenvalue weighted by Crippen LogP contribution is 2.33. The van der Waals surface area contributed by atoms with Gasteiger partial charge in [0.05, 0.1) is 6.04 Å². The predicted molar refractivity (Wildman–Crippen MR) is 92.0 cm³/mol. The van der Waals surface area contributed by atoms with Crippen LogP contribution in [0.1, 0.15) is 27.5 Å². The Labute approximate surface area is 145 Å². The van der Waals surface area contributed by atoms with E-state index in [0.717, 1.165) is 18.5 Å². The second kappa shape index (κ2) is 5.95. The third kappa shape index (κ3) is 2.57. The first-order chi connectivity index (χ1) is 11.6. The van der Waals surface area contributed by atoms with Gasteiger partial charge in [0, 0.05) is 23.7 Å². The molecule has 5 heteroatoms. The molecule has 2 aromatic carbocycles. The predicted octanol–water partition coefficient (Wildman–Crippen LogP) is 2.92. The minimum Gasteiger partial charge on any atom is -0.332 e. The highest BCUT2D eigenvalue weighted by atomic mass is 35.5. The van der Waals surface area contributed by atoms with E-state index in [9.17, 15) is 9.59 Å². The van der Waals surface area contributed by atoms with E-state index in [1.165, 1.54) is 5.56 Å². The summed E-state index contributed by atoms with van der Waals surface area (Å²) in [6.45, 7) is 1.37. The average molecular weight is 341 g/mol. The molecule has 24 heavy (non-hydrogen) atoms. The zero-order valence-corrected chi connectivity index (χ0v) is 13.9. The van der Waals surface area contributed by atoms with E-state index < -0.39 is 0 Å². The smallest absolute Gasteiger partial charge is 0.254 e. The van der Waals surface area contributed by atoms with Crippen molar-refractivity contribution in [2.75, 3.05) is 19.6 Å². The molecule has 0 radical (unpaired) electrons. The van der Waals surface area contributed by atoms with Crippen molar-refractivity contribution in [3.8, 4) is 0 Å². The van der Waals surface area contributed by atoms with Gasteiger partial charge in [0.2, 0.25) is 5.91 Å². The number of hydrogen-bond acceptors (Lipinski definition) is 2. The second-order valence-corrected chi connectivity index (χ2v) is 6.68. The van der Waals surface area contributed by atoms with E-state index in [0.29, 0.717) is 17.1 Å². The van der Waals surface area contributed by atoms with Crippen molar-refractivity contribution in [3.05, 3.63) is 70.2 Å². The lowest BCUT2D eigenvalue weighted by molar-refractivity contribution is -0.139. The van der Waals surface area contributed by atoms with Crippen LogP contribution >= 0.6 is 11.6 Å². The van der Waals surface area contributed by atoms with Crippen molar-refractivity contribution >= 4 is 23.4 Å². The molecule has 4 nitrogen and oxygen atoms in total. The van der Waals surface area contributed by atoms with Gasteiger partial charge >= 0.3 is 0 Å². The van der Waals surface area contributed by atoms with Gasteiger partial charge in [-0.3, -0.25) is 9.59 Å². The summed E-state index contributed by atoms with van der Waals surface area (Å²) < 4.78 is 0. The number of rotatable bonds is 1. The van der Waals surface area contributed by atoms with Gasteiger partial charge in [0.1, 0.15) is 6.54 Å². The molecule has 1 fully saturated rings. The maximum Gasteiger partial charge on any atom is 0.254 e. The lowest BCUT2D eigenvalue weighted by atomic mass is 9.90. The highest BCUT2D eigenvalue weighted by molar-refractivity contribution is 6.31. The quantitative estimate of drug-likeness (QED) is 0.801. The fourth-order valence-corrected chi connectivity index (χ4v) is 3.82. The molecule has 122 valence electrons. The number of halogens is 1. The number of benzene rings is 2. The Morgan fingerprint density at radius 2 is 1.96 bits per heavy atom. The number of nitrogens with zero attached hydrogens (tertiary/aromatic N) is 2. The molecule has 0 aliphatic carbocycles. The Morgan fingerprint density at radius 1 is 1.12 bits per heavy atom. The first kappa shape index (κ1) is 15.2. The van der Waals surface area contributed by atoms with Gasteiger partial charge in [-0.15, -0.1) is 0 Å². The molecule has 1 saturated heterocycles. The summed E-state index contributed by atoms with van der Waals surface area (Å²) in [6, 6.07) is 15.0. The number of hydrogen-bond donors (Lipinski definition) is 0. The minimum absolute atomic E-state index is 0.0103. The van der Waals surface area contributed by atoms with Gasteiger partial charge in [-0.2, -0.15) is 0 Å². The second-order valence-electron chi connectivity index (χ2n) is 6.25. The number of carbonyl (C=O) groups is 2. The molecule has 0 spiro atoms. The van der Waals surface area contributed by atoms with Crippen LogP contribution in [0, 0.1) is 0 Å². The van der Waals surface area contributed by atoms with Gasteiger partial charge in [-0.05, 0) is 35.7 Å². The Balaban J connectivity index is 1.65. The third-order valence-corrected chi connectivity index (χ3v) is 5.05. The lowest BCUT2D eigenvalue weighted by Gasteiger charge is -2.44. The molecule has 0 N–H and O–H groups in total. The maximum absolute atomic E-state index is 12.8. The van der Waals surface area contributed by atoms with Gasteiger partial charge in [0.25, 0.3) is 5.91 Å². The van der Waals surface area contributed by atoms with Gasteiger partial charge in [0.15, 0.2) is 0 Å². The van der Waals surface area contributed by atoms with Crippen molar-refractivity contribution < 1.29 is 9.59 Å². The summed E-state index contributed by atoms with van der Waals surface area (Å²) >= 11 is 5.99. The molecule has 0 saturated carbocycles. The zero-order valence-electron chi connectivity index (χ0n) is 13.1. The topological polar surface area (TPSA) is 40.6 Å². The number of amides is 2. The van der Waals surface area contributed by atoms with Crippen molar-refractivity contribution in [3.63, 3.8) is 0 Å². The molecular formula is C19H17ClN2O2. The van der Waals surface area contributed by atoms with Gasteiger partial charge in [-0.25, -0.2) is 0 Å². The summed E-state index contributed by atoms with van der Waals surface area (Å²) in [5.41, 5.74) is 2.94. The van der Waals surface area contributed by atoms with Crippen molar-refractivity contribution in [1.82, 2.24) is 9.80 Å². The average Bonchev–Trinajstić information content (AvgIpc) is 2.61. The van der Waals surface area contributed by atoms with E-state index in [1.54, 1.807) is 29.2 Å². The molecule has 2 amide bonds. The molecule has 1 atom stereocenters. The molecule has 0 bridgehead atoms. The summed E-state index contributed by atoms with van der Waals surface area (Å²) in [5, 5.41) is 0.522. The monoisotopic (exact) mass is 340 g/mol. The fourth-order valence-electron chi connectivity index (χ4n) is 3.63. The van der Waals surface area contributed by atoms with Gasteiger partial charge < -0.3 is 9.80 Å². The first-order valence-corrected chi connectivity index (χ1v) is 8.43. The van der Waals surface area contributed by atoms with E-state index in [-0.39, 0.29) is 24.4 Å². The largest absolute Gasteiger partial charge is 0.332 e. The van der Waals surface area contributed by atoms with Crippen LogP contribution in [0.15, 0.2) is 48.5 Å². The van der Waals surface area contributed by atoms with Crippen molar-refractivity contribution in [2.45, 2.75) is 12.5 Å². The van der Waals surface area contributed by atoms with E-state index in [2.05, 4.69) is 12.1 Å². The molecule has 0 aromatic heterocycles. The standard InChI is InChI=1S/C19H17ClN2O2/c20-15-6-3-5-14(10-15)19(24)21-11-17-16-7-2-1-4-13(16)8-9-22(17)18(23)12-21/h1-7,10,17H,8-9,11-12H2/t17-/m0/s1. The Kier molecular flexibility index (Phi) is 3.77. The Morgan fingerprint density at radius 3 is 2.79 bits per heavy atom. The van der Waals surface area contributed by atoms with Crippen LogP contribution in [0.4, 0.5) is 0 Å². The van der Waals surface area contributed by atoms with Crippen molar-refractivity contribution in [1.29, 1.82) is 0 Å². The molecule has 2 aliphatic heterocycles. The third-order valence-electron chi connectivity index (χ3n) is 4.81. The highest BCUT2D eigenvalue weighted by Gasteiger charge is 2.38. The summed E-state index contributed by atoms with van der Waals surface area (Å²) in [6.07, 6.45) is 0.876. The van der Waals surface area contributed by atoms with Crippen LogP contribution in [-0.4, -0.2) is 41.2 Å².